The monoisotopic (exact) mass is 336 g/mol. The lowest BCUT2D eigenvalue weighted by Gasteiger charge is -2.34. The molecule has 0 amide bonds. The first kappa shape index (κ1) is 18.4. The predicted octanol–water partition coefficient (Wildman–Crippen LogP) is 1.00. The lowest BCUT2D eigenvalue weighted by molar-refractivity contribution is 0.0179. The lowest BCUT2D eigenvalue weighted by Crippen LogP contribution is -2.41. The van der Waals surface area contributed by atoms with Crippen LogP contribution in [-0.4, -0.2) is 64.5 Å². The van der Waals surface area contributed by atoms with Crippen molar-refractivity contribution in [2.75, 3.05) is 53.6 Å². The molecule has 7 nitrogen and oxygen atoms in total. The number of ether oxygens (including phenoxy) is 3. The van der Waals surface area contributed by atoms with Crippen LogP contribution in [0.4, 0.5) is 0 Å². The summed E-state index contributed by atoms with van der Waals surface area (Å²) in [7, 11) is 3.28. The molecule has 1 aliphatic rings. The molecule has 7 heteroatoms. The van der Waals surface area contributed by atoms with Crippen LogP contribution in [0.15, 0.2) is 23.2 Å². The maximum atomic E-state index is 5.89. The number of benzene rings is 1. The number of morpholine rings is 1. The normalized spacial score (nSPS) is 17.4. The number of nitrogens with zero attached hydrogens (tertiary/aromatic N) is 2. The van der Waals surface area contributed by atoms with Gasteiger partial charge in [0.25, 0.3) is 0 Å². The summed E-state index contributed by atoms with van der Waals surface area (Å²) in [6.45, 7) is 6.54. The Labute approximate surface area is 143 Å². The molecule has 24 heavy (non-hydrogen) atoms. The highest BCUT2D eigenvalue weighted by molar-refractivity contribution is 5.77. The average molecular weight is 336 g/mol. The van der Waals surface area contributed by atoms with E-state index >= 15 is 0 Å². The third-order valence-corrected chi connectivity index (χ3v) is 4.07. The molecular formula is C17H28N4O3. The highest BCUT2D eigenvalue weighted by Gasteiger charge is 2.23. The van der Waals surface area contributed by atoms with Gasteiger partial charge in [0.05, 0.1) is 40.0 Å². The fourth-order valence-corrected chi connectivity index (χ4v) is 2.80. The van der Waals surface area contributed by atoms with Gasteiger partial charge in [-0.2, -0.15) is 0 Å². The smallest absolute Gasteiger partial charge is 0.188 e. The van der Waals surface area contributed by atoms with Crippen molar-refractivity contribution in [3.8, 4) is 11.5 Å². The summed E-state index contributed by atoms with van der Waals surface area (Å²) >= 11 is 0. The predicted molar refractivity (Wildman–Crippen MR) is 94.8 cm³/mol. The van der Waals surface area contributed by atoms with E-state index in [-0.39, 0.29) is 6.04 Å². The molecule has 1 heterocycles. The van der Waals surface area contributed by atoms with Crippen LogP contribution in [0, 0.1) is 0 Å². The van der Waals surface area contributed by atoms with Crippen LogP contribution in [0.3, 0.4) is 0 Å². The summed E-state index contributed by atoms with van der Waals surface area (Å²) in [6, 6.07) is 6.11. The van der Waals surface area contributed by atoms with E-state index in [1.807, 2.05) is 19.1 Å². The zero-order valence-corrected chi connectivity index (χ0v) is 14.7. The first-order chi connectivity index (χ1) is 11.7. The van der Waals surface area contributed by atoms with Crippen molar-refractivity contribution in [2.24, 2.45) is 10.7 Å². The largest absolute Gasteiger partial charge is 0.493 e. The SMILES string of the molecule is CCNC(N)=NCC(c1ccc(OC)c(OC)c1)N1CCOCC1. The van der Waals surface area contributed by atoms with Crippen molar-refractivity contribution in [2.45, 2.75) is 13.0 Å². The molecule has 3 N–H and O–H groups in total. The molecule has 1 aromatic carbocycles. The highest BCUT2D eigenvalue weighted by Crippen LogP contribution is 2.32. The Kier molecular flexibility index (Phi) is 7.14. The summed E-state index contributed by atoms with van der Waals surface area (Å²) < 4.78 is 16.2. The van der Waals surface area contributed by atoms with Gasteiger partial charge < -0.3 is 25.3 Å². The second-order valence-corrected chi connectivity index (χ2v) is 5.53. The number of hydrogen-bond acceptors (Lipinski definition) is 5. The summed E-state index contributed by atoms with van der Waals surface area (Å²) in [5, 5.41) is 3.04. The van der Waals surface area contributed by atoms with Crippen LogP contribution < -0.4 is 20.5 Å². The third-order valence-electron chi connectivity index (χ3n) is 4.07. The third kappa shape index (κ3) is 4.75. The minimum atomic E-state index is 0.117. The Morgan fingerprint density at radius 3 is 2.62 bits per heavy atom. The number of hydrogen-bond donors (Lipinski definition) is 2. The van der Waals surface area contributed by atoms with Gasteiger partial charge in [0.2, 0.25) is 0 Å². The molecule has 1 aliphatic heterocycles. The number of methoxy groups -OCH3 is 2. The molecule has 0 aliphatic carbocycles. The minimum absolute atomic E-state index is 0.117. The summed E-state index contributed by atoms with van der Waals surface area (Å²) in [4.78, 5) is 6.86. The van der Waals surface area contributed by atoms with E-state index in [1.54, 1.807) is 14.2 Å². The van der Waals surface area contributed by atoms with Crippen LogP contribution in [0.2, 0.25) is 0 Å². The van der Waals surface area contributed by atoms with E-state index in [2.05, 4.69) is 21.3 Å². The van der Waals surface area contributed by atoms with Gasteiger partial charge in [-0.15, -0.1) is 0 Å². The van der Waals surface area contributed by atoms with E-state index in [0.29, 0.717) is 12.5 Å². The molecule has 0 aromatic heterocycles. The minimum Gasteiger partial charge on any atom is -0.493 e. The lowest BCUT2D eigenvalue weighted by atomic mass is 10.0. The standard InChI is InChI=1S/C17H28N4O3/c1-4-19-17(18)20-12-14(21-7-9-24-10-8-21)13-5-6-15(22-2)16(11-13)23-3/h5-6,11,14H,4,7-10,12H2,1-3H3,(H3,18,19,20). The Morgan fingerprint density at radius 1 is 1.29 bits per heavy atom. The molecular weight excluding hydrogens is 308 g/mol. The maximum absolute atomic E-state index is 5.89. The van der Waals surface area contributed by atoms with E-state index in [9.17, 15) is 0 Å². The first-order valence-electron chi connectivity index (χ1n) is 8.27. The summed E-state index contributed by atoms with van der Waals surface area (Å²) in [5.41, 5.74) is 7.02. The van der Waals surface area contributed by atoms with Gasteiger partial charge in [-0.3, -0.25) is 9.89 Å². The molecule has 1 saturated heterocycles. The molecule has 134 valence electrons. The number of guanidine groups is 1. The zero-order valence-electron chi connectivity index (χ0n) is 14.7. The maximum Gasteiger partial charge on any atom is 0.188 e. The van der Waals surface area contributed by atoms with E-state index in [0.717, 1.165) is 49.9 Å². The number of aliphatic imine (C=N–C) groups is 1. The van der Waals surface area contributed by atoms with Crippen LogP contribution in [0.1, 0.15) is 18.5 Å². The van der Waals surface area contributed by atoms with Gasteiger partial charge in [-0.05, 0) is 24.6 Å². The van der Waals surface area contributed by atoms with Gasteiger partial charge in [0.1, 0.15) is 0 Å². The van der Waals surface area contributed by atoms with Crippen molar-refractivity contribution < 1.29 is 14.2 Å². The van der Waals surface area contributed by atoms with Crippen molar-refractivity contribution in [1.82, 2.24) is 10.2 Å². The molecule has 2 rings (SSSR count). The molecule has 0 bridgehead atoms. The quantitative estimate of drug-likeness (QED) is 0.571. The molecule has 0 saturated carbocycles. The number of nitrogens with one attached hydrogen (secondary N) is 1. The van der Waals surface area contributed by atoms with Gasteiger partial charge in [-0.1, -0.05) is 6.07 Å². The fourth-order valence-electron chi connectivity index (χ4n) is 2.80. The Morgan fingerprint density at radius 2 is 2.00 bits per heavy atom. The van der Waals surface area contributed by atoms with Crippen LogP contribution in [0.5, 0.6) is 11.5 Å². The fraction of sp³-hybridized carbons (Fsp3) is 0.588. The van der Waals surface area contributed by atoms with Crippen LogP contribution in [0.25, 0.3) is 0 Å². The van der Waals surface area contributed by atoms with Crippen molar-refractivity contribution >= 4 is 5.96 Å². The Balaban J connectivity index is 2.25. The van der Waals surface area contributed by atoms with Crippen molar-refractivity contribution in [1.29, 1.82) is 0 Å². The van der Waals surface area contributed by atoms with E-state index < -0.39 is 0 Å². The first-order valence-corrected chi connectivity index (χ1v) is 8.27. The molecule has 0 radical (unpaired) electrons. The van der Waals surface area contributed by atoms with Crippen molar-refractivity contribution in [3.63, 3.8) is 0 Å². The summed E-state index contributed by atoms with van der Waals surface area (Å²) in [6.07, 6.45) is 0. The van der Waals surface area contributed by atoms with Crippen LogP contribution >= 0.6 is 0 Å². The van der Waals surface area contributed by atoms with Crippen molar-refractivity contribution in [3.05, 3.63) is 23.8 Å². The zero-order chi connectivity index (χ0) is 17.4. The number of rotatable bonds is 7. The number of nitrogens with two attached hydrogens (primary N) is 1. The van der Waals surface area contributed by atoms with Gasteiger partial charge in [-0.25, -0.2) is 0 Å². The molecule has 1 atom stereocenters. The topological polar surface area (TPSA) is 81.3 Å². The molecule has 1 aromatic rings. The Bertz CT molecular complexity index is 545. The molecule has 0 spiro atoms. The highest BCUT2D eigenvalue weighted by atomic mass is 16.5. The van der Waals surface area contributed by atoms with Crippen LogP contribution in [-0.2, 0) is 4.74 Å². The van der Waals surface area contributed by atoms with E-state index in [1.165, 1.54) is 0 Å². The molecule has 1 unspecified atom stereocenters. The second-order valence-electron chi connectivity index (χ2n) is 5.53. The van der Waals surface area contributed by atoms with Gasteiger partial charge in [0, 0.05) is 19.6 Å². The second kappa shape index (κ2) is 9.34. The van der Waals surface area contributed by atoms with E-state index in [4.69, 9.17) is 19.9 Å². The molecule has 1 fully saturated rings. The summed E-state index contributed by atoms with van der Waals surface area (Å²) in [5.74, 6) is 1.91. The van der Waals surface area contributed by atoms with Gasteiger partial charge in [0.15, 0.2) is 17.5 Å². The average Bonchev–Trinajstić information content (AvgIpc) is 2.62. The Hall–Kier alpha value is -1.99. The van der Waals surface area contributed by atoms with Gasteiger partial charge >= 0.3 is 0 Å².